The van der Waals surface area contributed by atoms with Crippen LogP contribution in [0.2, 0.25) is 0 Å². The molecule has 1 heterocycles. The van der Waals surface area contributed by atoms with Crippen LogP contribution in [0.1, 0.15) is 17.4 Å². The Hall–Kier alpha value is -2.13. The average Bonchev–Trinajstić information content (AvgIpc) is 3.14. The van der Waals surface area contributed by atoms with Gasteiger partial charge in [-0.05, 0) is 29.2 Å². The summed E-state index contributed by atoms with van der Waals surface area (Å²) in [5.74, 6) is 0.217. The SMILES string of the molecule is COc1ccc(COc2cc(F)cc(B(O)O)c2C2OCCO2)cc1. The van der Waals surface area contributed by atoms with Gasteiger partial charge in [-0.2, -0.15) is 0 Å². The molecule has 0 unspecified atom stereocenters. The van der Waals surface area contributed by atoms with Gasteiger partial charge in [0.25, 0.3) is 0 Å². The van der Waals surface area contributed by atoms with Gasteiger partial charge in [-0.25, -0.2) is 4.39 Å². The fourth-order valence-electron chi connectivity index (χ4n) is 2.61. The second-order valence-corrected chi connectivity index (χ2v) is 5.49. The molecule has 0 bridgehead atoms. The monoisotopic (exact) mass is 348 g/mol. The second-order valence-electron chi connectivity index (χ2n) is 5.49. The van der Waals surface area contributed by atoms with Crippen LogP contribution in [0.4, 0.5) is 4.39 Å². The summed E-state index contributed by atoms with van der Waals surface area (Å²) in [6.07, 6.45) is -0.830. The number of ether oxygens (including phenoxy) is 4. The summed E-state index contributed by atoms with van der Waals surface area (Å²) in [4.78, 5) is 0. The molecule has 0 radical (unpaired) electrons. The van der Waals surface area contributed by atoms with E-state index in [1.54, 1.807) is 19.2 Å². The molecule has 8 heteroatoms. The molecule has 1 saturated heterocycles. The molecule has 1 fully saturated rings. The van der Waals surface area contributed by atoms with E-state index in [1.165, 1.54) is 6.07 Å². The first-order valence-electron chi connectivity index (χ1n) is 7.77. The number of methoxy groups -OCH3 is 1. The minimum Gasteiger partial charge on any atom is -0.497 e. The summed E-state index contributed by atoms with van der Waals surface area (Å²) in [5.41, 5.74) is 1.08. The van der Waals surface area contributed by atoms with Crippen molar-refractivity contribution in [3.8, 4) is 11.5 Å². The maximum Gasteiger partial charge on any atom is 0.489 e. The molecule has 132 valence electrons. The molecule has 2 aromatic carbocycles. The Morgan fingerprint density at radius 2 is 1.84 bits per heavy atom. The van der Waals surface area contributed by atoms with E-state index in [2.05, 4.69) is 0 Å². The molecule has 1 aliphatic heterocycles. The van der Waals surface area contributed by atoms with E-state index in [-0.39, 0.29) is 23.4 Å². The summed E-state index contributed by atoms with van der Waals surface area (Å²) in [6.45, 7) is 0.885. The van der Waals surface area contributed by atoms with Crippen LogP contribution in [-0.2, 0) is 16.1 Å². The van der Waals surface area contributed by atoms with E-state index < -0.39 is 19.2 Å². The molecule has 0 saturated carbocycles. The summed E-state index contributed by atoms with van der Waals surface area (Å²) >= 11 is 0. The molecule has 25 heavy (non-hydrogen) atoms. The van der Waals surface area contributed by atoms with Gasteiger partial charge in [0, 0.05) is 11.6 Å². The quantitative estimate of drug-likeness (QED) is 0.763. The molecule has 0 amide bonds. The highest BCUT2D eigenvalue weighted by atomic mass is 19.1. The summed E-state index contributed by atoms with van der Waals surface area (Å²) in [7, 11) is -0.296. The zero-order valence-electron chi connectivity index (χ0n) is 13.6. The van der Waals surface area contributed by atoms with E-state index in [4.69, 9.17) is 18.9 Å². The van der Waals surface area contributed by atoms with Crippen molar-refractivity contribution < 1.29 is 33.4 Å². The lowest BCUT2D eigenvalue weighted by atomic mass is 9.76. The third-order valence-corrected chi connectivity index (χ3v) is 3.83. The van der Waals surface area contributed by atoms with Crippen molar-refractivity contribution in [2.45, 2.75) is 12.9 Å². The van der Waals surface area contributed by atoms with Gasteiger partial charge in [0.1, 0.15) is 23.9 Å². The minimum atomic E-state index is -1.87. The maximum atomic E-state index is 13.9. The Balaban J connectivity index is 1.87. The third-order valence-electron chi connectivity index (χ3n) is 3.83. The zero-order chi connectivity index (χ0) is 17.8. The predicted molar refractivity (Wildman–Crippen MR) is 88.2 cm³/mol. The highest BCUT2D eigenvalue weighted by molar-refractivity contribution is 6.59. The van der Waals surface area contributed by atoms with Gasteiger partial charge in [0.2, 0.25) is 0 Å². The highest BCUT2D eigenvalue weighted by Crippen LogP contribution is 2.31. The molecule has 1 aliphatic rings. The first kappa shape index (κ1) is 17.7. The fraction of sp³-hybridized carbons (Fsp3) is 0.294. The molecule has 0 spiro atoms. The van der Waals surface area contributed by atoms with Crippen molar-refractivity contribution in [1.82, 2.24) is 0 Å². The molecule has 3 rings (SSSR count). The lowest BCUT2D eigenvalue weighted by Crippen LogP contribution is -2.35. The maximum absolute atomic E-state index is 13.9. The largest absolute Gasteiger partial charge is 0.497 e. The molecule has 0 atom stereocenters. The van der Waals surface area contributed by atoms with Crippen LogP contribution in [0.5, 0.6) is 11.5 Å². The fourth-order valence-corrected chi connectivity index (χ4v) is 2.61. The first-order chi connectivity index (χ1) is 12.1. The van der Waals surface area contributed by atoms with E-state index in [0.717, 1.165) is 11.6 Å². The van der Waals surface area contributed by atoms with Crippen LogP contribution >= 0.6 is 0 Å². The summed E-state index contributed by atoms with van der Waals surface area (Å²) < 4.78 is 35.6. The lowest BCUT2D eigenvalue weighted by molar-refractivity contribution is -0.0453. The Morgan fingerprint density at radius 1 is 1.16 bits per heavy atom. The zero-order valence-corrected chi connectivity index (χ0v) is 13.6. The third kappa shape index (κ3) is 4.11. The van der Waals surface area contributed by atoms with Crippen molar-refractivity contribution in [2.24, 2.45) is 0 Å². The molecule has 2 aromatic rings. The summed E-state index contributed by atoms with van der Waals surface area (Å²) in [5, 5.41) is 19.1. The van der Waals surface area contributed by atoms with E-state index in [1.807, 2.05) is 12.1 Å². The van der Waals surface area contributed by atoms with Gasteiger partial charge in [0.15, 0.2) is 6.29 Å². The van der Waals surface area contributed by atoms with E-state index in [0.29, 0.717) is 19.0 Å². The van der Waals surface area contributed by atoms with Gasteiger partial charge in [-0.15, -0.1) is 0 Å². The van der Waals surface area contributed by atoms with Crippen LogP contribution in [0.3, 0.4) is 0 Å². The molecule has 2 N–H and O–H groups in total. The number of benzene rings is 2. The predicted octanol–water partition coefficient (Wildman–Crippen LogP) is 1.14. The van der Waals surface area contributed by atoms with Crippen molar-refractivity contribution in [1.29, 1.82) is 0 Å². The Labute approximate surface area is 144 Å². The number of hydrogen-bond acceptors (Lipinski definition) is 6. The lowest BCUT2D eigenvalue weighted by Gasteiger charge is -2.19. The van der Waals surface area contributed by atoms with Crippen LogP contribution < -0.4 is 14.9 Å². The summed E-state index contributed by atoms with van der Waals surface area (Å²) in [6, 6.07) is 9.43. The van der Waals surface area contributed by atoms with Crippen LogP contribution in [0.25, 0.3) is 0 Å². The smallest absolute Gasteiger partial charge is 0.489 e. The highest BCUT2D eigenvalue weighted by Gasteiger charge is 2.30. The van der Waals surface area contributed by atoms with Crippen LogP contribution in [0.15, 0.2) is 36.4 Å². The molecule has 6 nitrogen and oxygen atoms in total. The topological polar surface area (TPSA) is 77.4 Å². The normalized spacial score (nSPS) is 14.6. The van der Waals surface area contributed by atoms with Crippen LogP contribution in [0, 0.1) is 5.82 Å². The van der Waals surface area contributed by atoms with E-state index in [9.17, 15) is 14.4 Å². The molecular weight excluding hydrogens is 330 g/mol. The van der Waals surface area contributed by atoms with Crippen molar-refractivity contribution in [2.75, 3.05) is 20.3 Å². The van der Waals surface area contributed by atoms with Crippen molar-refractivity contribution >= 4 is 12.6 Å². The Morgan fingerprint density at radius 3 is 2.44 bits per heavy atom. The van der Waals surface area contributed by atoms with Gasteiger partial charge in [0.05, 0.1) is 20.3 Å². The molecule has 0 aromatic heterocycles. The first-order valence-corrected chi connectivity index (χ1v) is 7.77. The van der Waals surface area contributed by atoms with Crippen molar-refractivity contribution in [3.05, 3.63) is 53.3 Å². The van der Waals surface area contributed by atoms with Gasteiger partial charge in [-0.1, -0.05) is 12.1 Å². The van der Waals surface area contributed by atoms with Gasteiger partial charge in [-0.3, -0.25) is 0 Å². The standard InChI is InChI=1S/C17H18BFO6/c1-22-13-4-2-11(3-5-13)10-25-15-9-12(19)8-14(18(20)21)16(15)17-23-6-7-24-17/h2-5,8-9,17,20-21H,6-7,10H2,1H3. The average molecular weight is 348 g/mol. The molecular formula is C17H18BFO6. The molecule has 0 aliphatic carbocycles. The van der Waals surface area contributed by atoms with E-state index >= 15 is 0 Å². The minimum absolute atomic E-state index is 0.0448. The Kier molecular flexibility index (Phi) is 5.55. The Bertz CT molecular complexity index is 716. The van der Waals surface area contributed by atoms with Crippen molar-refractivity contribution in [3.63, 3.8) is 0 Å². The van der Waals surface area contributed by atoms with Crippen LogP contribution in [-0.4, -0.2) is 37.5 Å². The van der Waals surface area contributed by atoms with Gasteiger partial charge < -0.3 is 29.0 Å². The number of hydrogen-bond donors (Lipinski definition) is 2. The van der Waals surface area contributed by atoms with Gasteiger partial charge >= 0.3 is 7.12 Å². The second kappa shape index (κ2) is 7.84. The number of rotatable bonds is 6. The number of halogens is 1.